The molecule has 1 N–H and O–H groups in total. The van der Waals surface area contributed by atoms with Gasteiger partial charge < -0.3 is 5.32 Å². The summed E-state index contributed by atoms with van der Waals surface area (Å²) in [4.78, 5) is 15.7. The van der Waals surface area contributed by atoms with E-state index in [4.69, 9.17) is 11.6 Å². The third kappa shape index (κ3) is 3.84. The molecule has 3 nitrogen and oxygen atoms in total. The van der Waals surface area contributed by atoms with Crippen molar-refractivity contribution < 1.29 is 4.79 Å². The summed E-state index contributed by atoms with van der Waals surface area (Å²) >= 11 is 7.75. The van der Waals surface area contributed by atoms with E-state index in [0.29, 0.717) is 18.1 Å². The molecule has 1 aliphatic heterocycles. The van der Waals surface area contributed by atoms with Crippen LogP contribution < -0.4 is 5.32 Å². The summed E-state index contributed by atoms with van der Waals surface area (Å²) in [6, 6.07) is 9.73. The Balaban J connectivity index is 1.49. The normalized spacial score (nSPS) is 14.7. The van der Waals surface area contributed by atoms with Crippen LogP contribution >= 0.6 is 22.9 Å². The smallest absolute Gasteiger partial charge is 0.234 e. The second-order valence-corrected chi connectivity index (χ2v) is 6.67. The van der Waals surface area contributed by atoms with Gasteiger partial charge in [0, 0.05) is 29.5 Å². The molecule has 110 valence electrons. The molecule has 1 aromatic heterocycles. The van der Waals surface area contributed by atoms with E-state index in [2.05, 4.69) is 21.7 Å². The molecule has 0 bridgehead atoms. The highest BCUT2D eigenvalue weighted by Crippen LogP contribution is 2.23. The fraction of sp³-hybridized carbons (Fsp3) is 0.312. The van der Waals surface area contributed by atoms with Gasteiger partial charge in [0.1, 0.15) is 0 Å². The fourth-order valence-electron chi connectivity index (χ4n) is 2.55. The summed E-state index contributed by atoms with van der Waals surface area (Å²) in [6.45, 7) is 2.81. The zero-order valence-electron chi connectivity index (χ0n) is 11.6. The Kier molecular flexibility index (Phi) is 4.58. The summed E-state index contributed by atoms with van der Waals surface area (Å²) in [6.07, 6.45) is 1.05. The third-order valence-electron chi connectivity index (χ3n) is 3.63. The molecule has 0 saturated heterocycles. The first-order valence-electron chi connectivity index (χ1n) is 6.99. The van der Waals surface area contributed by atoms with Crippen LogP contribution in [0.4, 0.5) is 0 Å². The quantitative estimate of drug-likeness (QED) is 0.939. The largest absolute Gasteiger partial charge is 0.351 e. The molecule has 0 aliphatic carbocycles. The molecule has 1 aromatic carbocycles. The minimum absolute atomic E-state index is 0.0636. The maximum absolute atomic E-state index is 12.0. The van der Waals surface area contributed by atoms with Gasteiger partial charge in [0.05, 0.1) is 6.54 Å². The molecule has 0 atom stereocenters. The SMILES string of the molecule is O=C(CN1CCc2sccc2C1)NCc1cccc(Cl)c1. The van der Waals surface area contributed by atoms with E-state index < -0.39 is 0 Å². The number of halogens is 1. The maximum Gasteiger partial charge on any atom is 0.234 e. The van der Waals surface area contributed by atoms with Crippen LogP contribution in [0.2, 0.25) is 5.02 Å². The highest BCUT2D eigenvalue weighted by molar-refractivity contribution is 7.10. The number of hydrogen-bond acceptors (Lipinski definition) is 3. The van der Waals surface area contributed by atoms with E-state index in [-0.39, 0.29) is 5.91 Å². The van der Waals surface area contributed by atoms with Crippen LogP contribution in [0, 0.1) is 0 Å². The van der Waals surface area contributed by atoms with Gasteiger partial charge in [-0.2, -0.15) is 0 Å². The number of rotatable bonds is 4. The van der Waals surface area contributed by atoms with Crippen LogP contribution in [0.5, 0.6) is 0 Å². The summed E-state index contributed by atoms with van der Waals surface area (Å²) < 4.78 is 0. The number of thiophene rings is 1. The Bertz CT molecular complexity index is 641. The monoisotopic (exact) mass is 320 g/mol. The van der Waals surface area contributed by atoms with Gasteiger partial charge in [-0.1, -0.05) is 23.7 Å². The van der Waals surface area contributed by atoms with Crippen molar-refractivity contribution in [1.82, 2.24) is 10.2 Å². The first-order chi connectivity index (χ1) is 10.2. The fourth-order valence-corrected chi connectivity index (χ4v) is 3.65. The molecular weight excluding hydrogens is 304 g/mol. The van der Waals surface area contributed by atoms with E-state index in [1.807, 2.05) is 35.6 Å². The molecule has 0 fully saturated rings. The average Bonchev–Trinajstić information content (AvgIpc) is 2.93. The van der Waals surface area contributed by atoms with Gasteiger partial charge in [0.25, 0.3) is 0 Å². The van der Waals surface area contributed by atoms with Crippen LogP contribution in [-0.2, 0) is 24.3 Å². The Morgan fingerprint density at radius 1 is 1.38 bits per heavy atom. The van der Waals surface area contributed by atoms with E-state index in [0.717, 1.165) is 25.1 Å². The molecule has 1 amide bonds. The average molecular weight is 321 g/mol. The molecule has 0 spiro atoms. The Morgan fingerprint density at radius 3 is 3.14 bits per heavy atom. The number of carbonyl (C=O) groups is 1. The highest BCUT2D eigenvalue weighted by Gasteiger charge is 2.18. The minimum Gasteiger partial charge on any atom is -0.351 e. The molecule has 5 heteroatoms. The van der Waals surface area contributed by atoms with Crippen molar-refractivity contribution >= 4 is 28.8 Å². The number of carbonyl (C=O) groups excluding carboxylic acids is 1. The van der Waals surface area contributed by atoms with Crippen molar-refractivity contribution in [3.05, 3.63) is 56.7 Å². The van der Waals surface area contributed by atoms with Crippen molar-refractivity contribution in [2.75, 3.05) is 13.1 Å². The number of amides is 1. The van der Waals surface area contributed by atoms with Crippen molar-refractivity contribution in [1.29, 1.82) is 0 Å². The standard InChI is InChI=1S/C16H17ClN2OS/c17-14-3-1-2-12(8-14)9-18-16(20)11-19-6-4-15-13(10-19)5-7-21-15/h1-3,5,7-8H,4,6,9-11H2,(H,18,20). The lowest BCUT2D eigenvalue weighted by Gasteiger charge is -2.26. The van der Waals surface area contributed by atoms with Crippen LogP contribution in [0.3, 0.4) is 0 Å². The molecule has 21 heavy (non-hydrogen) atoms. The molecule has 1 aliphatic rings. The second kappa shape index (κ2) is 6.60. The van der Waals surface area contributed by atoms with Gasteiger partial charge in [-0.15, -0.1) is 11.3 Å². The van der Waals surface area contributed by atoms with Crippen molar-refractivity contribution in [3.8, 4) is 0 Å². The predicted octanol–water partition coefficient (Wildman–Crippen LogP) is 3.08. The molecule has 0 radical (unpaired) electrons. The molecular formula is C16H17ClN2OS. The summed E-state index contributed by atoms with van der Waals surface area (Å²) in [5.74, 6) is 0.0636. The van der Waals surface area contributed by atoms with Gasteiger partial charge in [0.2, 0.25) is 5.91 Å². The Hall–Kier alpha value is -1.36. The van der Waals surface area contributed by atoms with E-state index in [1.165, 1.54) is 10.4 Å². The third-order valence-corrected chi connectivity index (χ3v) is 4.89. The molecule has 3 rings (SSSR count). The molecule has 2 heterocycles. The van der Waals surface area contributed by atoms with Crippen molar-refractivity contribution in [2.24, 2.45) is 0 Å². The second-order valence-electron chi connectivity index (χ2n) is 5.24. The number of nitrogens with one attached hydrogen (secondary N) is 1. The lowest BCUT2D eigenvalue weighted by molar-refractivity contribution is -0.122. The van der Waals surface area contributed by atoms with Crippen molar-refractivity contribution in [2.45, 2.75) is 19.5 Å². The van der Waals surface area contributed by atoms with Crippen LogP contribution in [0.1, 0.15) is 16.0 Å². The van der Waals surface area contributed by atoms with Gasteiger partial charge in [-0.3, -0.25) is 9.69 Å². The topological polar surface area (TPSA) is 32.3 Å². The van der Waals surface area contributed by atoms with Crippen LogP contribution in [-0.4, -0.2) is 23.9 Å². The van der Waals surface area contributed by atoms with Gasteiger partial charge in [0.15, 0.2) is 0 Å². The molecule has 0 unspecified atom stereocenters. The Labute approximate surface area is 133 Å². The highest BCUT2D eigenvalue weighted by atomic mass is 35.5. The minimum atomic E-state index is 0.0636. The Morgan fingerprint density at radius 2 is 2.29 bits per heavy atom. The predicted molar refractivity (Wildman–Crippen MR) is 86.6 cm³/mol. The lowest BCUT2D eigenvalue weighted by Crippen LogP contribution is -2.39. The van der Waals surface area contributed by atoms with Crippen LogP contribution in [0.25, 0.3) is 0 Å². The van der Waals surface area contributed by atoms with Crippen molar-refractivity contribution in [3.63, 3.8) is 0 Å². The summed E-state index contributed by atoms with van der Waals surface area (Å²) in [5, 5.41) is 5.78. The van der Waals surface area contributed by atoms with E-state index in [1.54, 1.807) is 0 Å². The molecule has 0 saturated carbocycles. The number of nitrogens with zero attached hydrogens (tertiary/aromatic N) is 1. The number of hydrogen-bond donors (Lipinski definition) is 1. The zero-order valence-corrected chi connectivity index (χ0v) is 13.2. The van der Waals surface area contributed by atoms with Crippen LogP contribution in [0.15, 0.2) is 35.7 Å². The summed E-state index contributed by atoms with van der Waals surface area (Å²) in [5.41, 5.74) is 2.39. The van der Waals surface area contributed by atoms with E-state index >= 15 is 0 Å². The number of benzene rings is 1. The first kappa shape index (κ1) is 14.6. The maximum atomic E-state index is 12.0. The zero-order chi connectivity index (χ0) is 14.7. The molecule has 2 aromatic rings. The van der Waals surface area contributed by atoms with Gasteiger partial charge in [-0.05, 0) is 41.1 Å². The van der Waals surface area contributed by atoms with Gasteiger partial charge >= 0.3 is 0 Å². The number of fused-ring (bicyclic) bond motifs is 1. The van der Waals surface area contributed by atoms with Gasteiger partial charge in [-0.25, -0.2) is 0 Å². The first-order valence-corrected chi connectivity index (χ1v) is 8.25. The summed E-state index contributed by atoms with van der Waals surface area (Å²) in [7, 11) is 0. The lowest BCUT2D eigenvalue weighted by atomic mass is 10.1. The van der Waals surface area contributed by atoms with E-state index in [9.17, 15) is 4.79 Å².